The van der Waals surface area contributed by atoms with E-state index >= 15 is 0 Å². The lowest BCUT2D eigenvalue weighted by Gasteiger charge is -2.25. The second-order valence-corrected chi connectivity index (χ2v) is 5.92. The molecule has 1 N–H and O–H groups in total. The van der Waals surface area contributed by atoms with Crippen LogP contribution in [0.2, 0.25) is 0 Å². The zero-order valence-corrected chi connectivity index (χ0v) is 13.6. The number of aryl methyl sites for hydroxylation is 1. The van der Waals surface area contributed by atoms with Gasteiger partial charge in [0.1, 0.15) is 5.75 Å². The zero-order valence-electron chi connectivity index (χ0n) is 13.6. The average Bonchev–Trinajstić information content (AvgIpc) is 3.07. The minimum Gasteiger partial charge on any atom is -0.497 e. The molecular weight excluding hydrogens is 288 g/mol. The van der Waals surface area contributed by atoms with E-state index in [9.17, 15) is 4.79 Å². The van der Waals surface area contributed by atoms with E-state index in [1.54, 1.807) is 7.11 Å². The van der Waals surface area contributed by atoms with E-state index in [-0.39, 0.29) is 12.1 Å². The monoisotopic (exact) mass is 310 g/mol. The van der Waals surface area contributed by atoms with Gasteiger partial charge in [0.25, 0.3) is 0 Å². The summed E-state index contributed by atoms with van der Waals surface area (Å²) < 4.78 is 5.20. The highest BCUT2D eigenvalue weighted by Crippen LogP contribution is 2.33. The van der Waals surface area contributed by atoms with E-state index in [1.165, 1.54) is 5.56 Å². The number of carbonyl (C=O) groups excluding carboxylic acids is 1. The highest BCUT2D eigenvalue weighted by atomic mass is 16.5. The molecule has 1 fully saturated rings. The first-order valence-corrected chi connectivity index (χ1v) is 7.95. The van der Waals surface area contributed by atoms with Gasteiger partial charge in [0, 0.05) is 12.2 Å². The Kier molecular flexibility index (Phi) is 4.51. The third-order valence-corrected chi connectivity index (χ3v) is 4.32. The fourth-order valence-corrected chi connectivity index (χ4v) is 3.01. The molecule has 2 aromatic carbocycles. The molecule has 3 rings (SSSR count). The molecule has 0 aliphatic carbocycles. The maximum Gasteiger partial charge on any atom is 0.322 e. The lowest BCUT2D eigenvalue weighted by molar-refractivity contribution is 0.207. The summed E-state index contributed by atoms with van der Waals surface area (Å²) in [6.45, 7) is 2.82. The first kappa shape index (κ1) is 15.4. The van der Waals surface area contributed by atoms with E-state index in [0.717, 1.165) is 36.4 Å². The number of ether oxygens (including phenoxy) is 1. The Bertz CT molecular complexity index is 665. The minimum absolute atomic E-state index is 0.0350. The highest BCUT2D eigenvalue weighted by Gasteiger charge is 2.29. The molecule has 1 aliphatic rings. The molecule has 1 saturated heterocycles. The van der Waals surface area contributed by atoms with E-state index in [4.69, 9.17) is 4.74 Å². The molecule has 0 bridgehead atoms. The van der Waals surface area contributed by atoms with Crippen molar-refractivity contribution in [2.24, 2.45) is 0 Å². The number of rotatable bonds is 3. The first-order valence-electron chi connectivity index (χ1n) is 7.95. The van der Waals surface area contributed by atoms with Crippen LogP contribution in [-0.2, 0) is 0 Å². The van der Waals surface area contributed by atoms with Gasteiger partial charge in [-0.25, -0.2) is 4.79 Å². The molecule has 4 heteroatoms. The Morgan fingerprint density at radius 3 is 2.48 bits per heavy atom. The van der Waals surface area contributed by atoms with Crippen molar-refractivity contribution in [3.63, 3.8) is 0 Å². The van der Waals surface area contributed by atoms with Crippen LogP contribution < -0.4 is 10.1 Å². The summed E-state index contributed by atoms with van der Waals surface area (Å²) in [7, 11) is 1.66. The van der Waals surface area contributed by atoms with Crippen LogP contribution in [0.1, 0.15) is 30.0 Å². The summed E-state index contributed by atoms with van der Waals surface area (Å²) in [6, 6.07) is 16.0. The molecule has 2 amide bonds. The number of anilines is 1. The fraction of sp³-hybridized carbons (Fsp3) is 0.316. The molecular formula is C19H22N2O2. The van der Waals surface area contributed by atoms with Crippen LogP contribution in [-0.4, -0.2) is 24.6 Å². The normalized spacial score (nSPS) is 17.1. The van der Waals surface area contributed by atoms with Crippen LogP contribution in [0, 0.1) is 6.92 Å². The van der Waals surface area contributed by atoms with Crippen LogP contribution in [0.25, 0.3) is 0 Å². The predicted molar refractivity (Wildman–Crippen MR) is 91.9 cm³/mol. The lowest BCUT2D eigenvalue weighted by Crippen LogP contribution is -2.34. The van der Waals surface area contributed by atoms with E-state index in [0.29, 0.717) is 0 Å². The average molecular weight is 310 g/mol. The molecule has 0 radical (unpaired) electrons. The Labute approximate surface area is 137 Å². The molecule has 1 unspecified atom stereocenters. The number of carbonyl (C=O) groups is 1. The first-order chi connectivity index (χ1) is 11.2. The van der Waals surface area contributed by atoms with Gasteiger partial charge in [-0.05, 0) is 49.6 Å². The molecule has 120 valence electrons. The van der Waals surface area contributed by atoms with Gasteiger partial charge in [0.15, 0.2) is 0 Å². The molecule has 23 heavy (non-hydrogen) atoms. The molecule has 0 spiro atoms. The lowest BCUT2D eigenvalue weighted by atomic mass is 10.0. The van der Waals surface area contributed by atoms with Gasteiger partial charge in [-0.15, -0.1) is 0 Å². The van der Waals surface area contributed by atoms with Gasteiger partial charge >= 0.3 is 6.03 Å². The van der Waals surface area contributed by atoms with Crippen LogP contribution in [0.5, 0.6) is 5.75 Å². The standard InChI is InChI=1S/C19H22N2O2/c1-14-5-9-16(10-6-14)20-19(22)21-13-3-4-18(21)15-7-11-17(23-2)12-8-15/h5-12,18H,3-4,13H2,1-2H3,(H,20,22). The van der Waals surface area contributed by atoms with Crippen molar-refractivity contribution in [1.82, 2.24) is 4.90 Å². The summed E-state index contributed by atoms with van der Waals surface area (Å²) in [5.41, 5.74) is 3.17. The maximum atomic E-state index is 12.6. The minimum atomic E-state index is -0.0350. The Balaban J connectivity index is 1.72. The molecule has 2 aromatic rings. The van der Waals surface area contributed by atoms with E-state index in [1.807, 2.05) is 60.4 Å². The molecule has 0 aromatic heterocycles. The second kappa shape index (κ2) is 6.73. The molecule has 1 atom stereocenters. The van der Waals surface area contributed by atoms with Crippen molar-refractivity contribution in [1.29, 1.82) is 0 Å². The summed E-state index contributed by atoms with van der Waals surface area (Å²) in [5, 5.41) is 3.00. The smallest absolute Gasteiger partial charge is 0.322 e. The second-order valence-electron chi connectivity index (χ2n) is 5.92. The van der Waals surface area contributed by atoms with E-state index < -0.39 is 0 Å². The van der Waals surface area contributed by atoms with E-state index in [2.05, 4.69) is 5.32 Å². The molecule has 1 aliphatic heterocycles. The van der Waals surface area contributed by atoms with Crippen molar-refractivity contribution < 1.29 is 9.53 Å². The zero-order chi connectivity index (χ0) is 16.2. The largest absolute Gasteiger partial charge is 0.497 e. The van der Waals surface area contributed by atoms with Crippen molar-refractivity contribution in [3.8, 4) is 5.75 Å². The van der Waals surface area contributed by atoms with Gasteiger partial charge in [-0.1, -0.05) is 29.8 Å². The number of likely N-dealkylation sites (tertiary alicyclic amines) is 1. The molecule has 1 heterocycles. The third-order valence-electron chi connectivity index (χ3n) is 4.32. The molecule has 0 saturated carbocycles. The Hall–Kier alpha value is -2.49. The fourth-order valence-electron chi connectivity index (χ4n) is 3.01. The molecule has 4 nitrogen and oxygen atoms in total. The highest BCUT2D eigenvalue weighted by molar-refractivity contribution is 5.89. The van der Waals surface area contributed by atoms with Crippen LogP contribution in [0.4, 0.5) is 10.5 Å². The van der Waals surface area contributed by atoms with Gasteiger partial charge < -0.3 is 15.0 Å². The predicted octanol–water partition coefficient (Wildman–Crippen LogP) is 4.37. The SMILES string of the molecule is COc1ccc(C2CCCN2C(=O)Nc2ccc(C)cc2)cc1. The number of methoxy groups -OCH3 is 1. The van der Waals surface area contributed by atoms with Crippen molar-refractivity contribution in [2.75, 3.05) is 19.0 Å². The summed E-state index contributed by atoms with van der Waals surface area (Å²) >= 11 is 0. The van der Waals surface area contributed by atoms with Crippen LogP contribution >= 0.6 is 0 Å². The van der Waals surface area contributed by atoms with Gasteiger partial charge in [0.05, 0.1) is 13.2 Å². The van der Waals surface area contributed by atoms with Gasteiger partial charge in [-0.3, -0.25) is 0 Å². The number of hydrogen-bond acceptors (Lipinski definition) is 2. The quantitative estimate of drug-likeness (QED) is 0.914. The van der Waals surface area contributed by atoms with Crippen molar-refractivity contribution in [2.45, 2.75) is 25.8 Å². The van der Waals surface area contributed by atoms with Crippen molar-refractivity contribution >= 4 is 11.7 Å². The van der Waals surface area contributed by atoms with Gasteiger partial charge in [-0.2, -0.15) is 0 Å². The van der Waals surface area contributed by atoms with Crippen LogP contribution in [0.3, 0.4) is 0 Å². The van der Waals surface area contributed by atoms with Crippen LogP contribution in [0.15, 0.2) is 48.5 Å². The summed E-state index contributed by atoms with van der Waals surface area (Å²) in [4.78, 5) is 14.5. The number of amides is 2. The Morgan fingerprint density at radius 1 is 1.13 bits per heavy atom. The number of nitrogens with one attached hydrogen (secondary N) is 1. The maximum absolute atomic E-state index is 12.6. The number of benzene rings is 2. The topological polar surface area (TPSA) is 41.6 Å². The third kappa shape index (κ3) is 3.47. The van der Waals surface area contributed by atoms with Gasteiger partial charge in [0.2, 0.25) is 0 Å². The summed E-state index contributed by atoms with van der Waals surface area (Å²) in [6.07, 6.45) is 2.02. The van der Waals surface area contributed by atoms with Crippen molar-refractivity contribution in [3.05, 3.63) is 59.7 Å². The summed E-state index contributed by atoms with van der Waals surface area (Å²) in [5.74, 6) is 0.836. The number of hydrogen-bond donors (Lipinski definition) is 1. The Morgan fingerprint density at radius 2 is 1.83 bits per heavy atom. The number of nitrogens with zero attached hydrogens (tertiary/aromatic N) is 1. The number of urea groups is 1.